The van der Waals surface area contributed by atoms with Crippen molar-refractivity contribution >= 4 is 5.91 Å². The molecule has 3 heterocycles. The molecule has 0 bridgehead atoms. The van der Waals surface area contributed by atoms with Gasteiger partial charge in [-0.1, -0.05) is 18.0 Å². The SMILES string of the molecule is Cc1ccc(C(=O)N2CC(c3nc(CCOCC4CCCC4)no3)C2)cn1. The van der Waals surface area contributed by atoms with Crippen LogP contribution < -0.4 is 0 Å². The van der Waals surface area contributed by atoms with Gasteiger partial charge in [0.25, 0.3) is 5.91 Å². The second kappa shape index (κ2) is 8.17. The fourth-order valence-corrected chi connectivity index (χ4v) is 3.70. The third kappa shape index (κ3) is 4.35. The van der Waals surface area contributed by atoms with Crippen molar-refractivity contribution in [1.82, 2.24) is 20.0 Å². The van der Waals surface area contributed by atoms with Crippen molar-refractivity contribution in [2.75, 3.05) is 26.3 Å². The van der Waals surface area contributed by atoms with Gasteiger partial charge in [0.15, 0.2) is 5.82 Å². The number of carbonyl (C=O) groups excluding carboxylic acids is 1. The van der Waals surface area contributed by atoms with E-state index >= 15 is 0 Å². The minimum atomic E-state index is -0.00111. The Kier molecular flexibility index (Phi) is 5.48. The molecular weight excluding hydrogens is 344 g/mol. The smallest absolute Gasteiger partial charge is 0.255 e. The van der Waals surface area contributed by atoms with Crippen molar-refractivity contribution in [2.24, 2.45) is 5.92 Å². The predicted molar refractivity (Wildman–Crippen MR) is 98.4 cm³/mol. The van der Waals surface area contributed by atoms with Gasteiger partial charge < -0.3 is 14.2 Å². The molecule has 2 aromatic heterocycles. The molecule has 1 saturated carbocycles. The monoisotopic (exact) mass is 370 g/mol. The summed E-state index contributed by atoms with van der Waals surface area (Å²) in [6.45, 7) is 4.59. The van der Waals surface area contributed by atoms with Crippen molar-refractivity contribution in [1.29, 1.82) is 0 Å². The second-order valence-corrected chi connectivity index (χ2v) is 7.62. The summed E-state index contributed by atoms with van der Waals surface area (Å²) in [5.41, 5.74) is 1.52. The van der Waals surface area contributed by atoms with Gasteiger partial charge in [0.1, 0.15) is 0 Å². The molecule has 1 saturated heterocycles. The van der Waals surface area contributed by atoms with E-state index < -0.39 is 0 Å². The fourth-order valence-electron chi connectivity index (χ4n) is 3.70. The topological polar surface area (TPSA) is 81.4 Å². The van der Waals surface area contributed by atoms with Crippen LogP contribution in [0.1, 0.15) is 59.4 Å². The highest BCUT2D eigenvalue weighted by Gasteiger charge is 2.36. The van der Waals surface area contributed by atoms with Crippen LogP contribution in [0.4, 0.5) is 0 Å². The average molecular weight is 370 g/mol. The molecule has 2 aliphatic rings. The number of amides is 1. The molecule has 1 amide bonds. The third-order valence-electron chi connectivity index (χ3n) is 5.46. The summed E-state index contributed by atoms with van der Waals surface area (Å²) in [5.74, 6) is 2.15. The van der Waals surface area contributed by atoms with E-state index in [2.05, 4.69) is 15.1 Å². The van der Waals surface area contributed by atoms with Gasteiger partial charge in [-0.25, -0.2) is 0 Å². The number of aromatic nitrogens is 3. The highest BCUT2D eigenvalue weighted by atomic mass is 16.5. The molecule has 144 valence electrons. The Morgan fingerprint density at radius 3 is 2.85 bits per heavy atom. The Hall–Kier alpha value is -2.28. The number of rotatable bonds is 7. The maximum atomic E-state index is 12.4. The number of likely N-dealkylation sites (tertiary alicyclic amines) is 1. The molecule has 4 rings (SSSR count). The zero-order valence-corrected chi connectivity index (χ0v) is 15.8. The summed E-state index contributed by atoms with van der Waals surface area (Å²) in [6.07, 6.45) is 7.55. The lowest BCUT2D eigenvalue weighted by Gasteiger charge is -2.37. The van der Waals surface area contributed by atoms with Crippen LogP contribution in [-0.2, 0) is 11.2 Å². The lowest BCUT2D eigenvalue weighted by molar-refractivity contribution is 0.0568. The van der Waals surface area contributed by atoms with Crippen molar-refractivity contribution in [3.63, 3.8) is 0 Å². The summed E-state index contributed by atoms with van der Waals surface area (Å²) in [6, 6.07) is 3.66. The van der Waals surface area contributed by atoms with E-state index in [9.17, 15) is 4.79 Å². The highest BCUT2D eigenvalue weighted by Crippen LogP contribution is 2.27. The molecule has 0 unspecified atom stereocenters. The van der Waals surface area contributed by atoms with Crippen molar-refractivity contribution in [3.8, 4) is 0 Å². The summed E-state index contributed by atoms with van der Waals surface area (Å²) in [7, 11) is 0. The summed E-state index contributed by atoms with van der Waals surface area (Å²) < 4.78 is 11.1. The minimum Gasteiger partial charge on any atom is -0.381 e. The maximum Gasteiger partial charge on any atom is 0.255 e. The van der Waals surface area contributed by atoms with Crippen LogP contribution in [-0.4, -0.2) is 52.2 Å². The zero-order chi connectivity index (χ0) is 18.6. The molecule has 27 heavy (non-hydrogen) atoms. The van der Waals surface area contributed by atoms with Gasteiger partial charge in [-0.2, -0.15) is 4.98 Å². The summed E-state index contributed by atoms with van der Waals surface area (Å²) in [4.78, 5) is 22.8. The van der Waals surface area contributed by atoms with Crippen molar-refractivity contribution in [2.45, 2.75) is 44.9 Å². The normalized spacial score (nSPS) is 18.0. The van der Waals surface area contributed by atoms with E-state index in [1.54, 1.807) is 11.1 Å². The van der Waals surface area contributed by atoms with E-state index in [1.807, 2.05) is 19.1 Å². The molecule has 7 nitrogen and oxygen atoms in total. The molecule has 0 atom stereocenters. The number of pyridine rings is 1. The molecule has 1 aliphatic carbocycles. The lowest BCUT2D eigenvalue weighted by atomic mass is 9.99. The van der Waals surface area contributed by atoms with E-state index in [4.69, 9.17) is 9.26 Å². The van der Waals surface area contributed by atoms with Gasteiger partial charge in [0.05, 0.1) is 18.1 Å². The fraction of sp³-hybridized carbons (Fsp3) is 0.600. The molecule has 0 radical (unpaired) electrons. The largest absolute Gasteiger partial charge is 0.381 e. The Morgan fingerprint density at radius 2 is 2.11 bits per heavy atom. The Labute approximate surface area is 159 Å². The first-order valence-corrected chi connectivity index (χ1v) is 9.81. The van der Waals surface area contributed by atoms with E-state index in [0.29, 0.717) is 43.4 Å². The number of carbonyl (C=O) groups is 1. The Balaban J connectivity index is 1.20. The van der Waals surface area contributed by atoms with E-state index in [0.717, 1.165) is 18.2 Å². The van der Waals surface area contributed by atoms with Crippen LogP contribution in [0.3, 0.4) is 0 Å². The first-order valence-electron chi connectivity index (χ1n) is 9.81. The first kappa shape index (κ1) is 18.1. The van der Waals surface area contributed by atoms with Crippen LogP contribution in [0.5, 0.6) is 0 Å². The Morgan fingerprint density at radius 1 is 1.30 bits per heavy atom. The molecular formula is C20H26N4O3. The van der Waals surface area contributed by atoms with Crippen molar-refractivity contribution < 1.29 is 14.1 Å². The number of nitrogens with zero attached hydrogens (tertiary/aromatic N) is 4. The van der Waals surface area contributed by atoms with Gasteiger partial charge in [-0.05, 0) is 37.8 Å². The molecule has 7 heteroatoms. The van der Waals surface area contributed by atoms with Gasteiger partial charge in [-0.3, -0.25) is 9.78 Å². The number of hydrogen-bond acceptors (Lipinski definition) is 6. The standard InChI is InChI=1S/C20H26N4O3/c1-14-6-7-16(10-21-14)20(25)24-11-17(12-24)19-22-18(23-27-19)8-9-26-13-15-4-2-3-5-15/h6-7,10,15,17H,2-5,8-9,11-13H2,1H3. The van der Waals surface area contributed by atoms with E-state index in [-0.39, 0.29) is 11.8 Å². The van der Waals surface area contributed by atoms with Crippen molar-refractivity contribution in [3.05, 3.63) is 41.3 Å². The number of aryl methyl sites for hydroxylation is 1. The van der Waals surface area contributed by atoms with Crippen LogP contribution in [0.2, 0.25) is 0 Å². The molecule has 2 aromatic rings. The Bertz CT molecular complexity index is 762. The van der Waals surface area contributed by atoms with E-state index in [1.165, 1.54) is 25.7 Å². The molecule has 0 spiro atoms. The number of hydrogen-bond donors (Lipinski definition) is 0. The molecule has 0 N–H and O–H groups in total. The van der Waals surface area contributed by atoms with Gasteiger partial charge >= 0.3 is 0 Å². The third-order valence-corrected chi connectivity index (χ3v) is 5.46. The van der Waals surface area contributed by atoms with Gasteiger partial charge in [0, 0.05) is 38.0 Å². The number of ether oxygens (including phenoxy) is 1. The maximum absolute atomic E-state index is 12.4. The lowest BCUT2D eigenvalue weighted by Crippen LogP contribution is -2.48. The van der Waals surface area contributed by atoms with Gasteiger partial charge in [0.2, 0.25) is 5.89 Å². The van der Waals surface area contributed by atoms with Crippen LogP contribution in [0.15, 0.2) is 22.9 Å². The molecule has 2 fully saturated rings. The van der Waals surface area contributed by atoms with Crippen LogP contribution in [0.25, 0.3) is 0 Å². The molecule has 1 aliphatic heterocycles. The summed E-state index contributed by atoms with van der Waals surface area (Å²) in [5, 5.41) is 4.05. The highest BCUT2D eigenvalue weighted by molar-refractivity contribution is 5.94. The molecule has 0 aromatic carbocycles. The van der Waals surface area contributed by atoms with Crippen LogP contribution >= 0.6 is 0 Å². The first-order chi connectivity index (χ1) is 13.2. The average Bonchev–Trinajstić information content (AvgIpc) is 3.30. The quantitative estimate of drug-likeness (QED) is 0.697. The second-order valence-electron chi connectivity index (χ2n) is 7.62. The minimum absolute atomic E-state index is 0.00111. The van der Waals surface area contributed by atoms with Crippen LogP contribution in [0, 0.1) is 12.8 Å². The summed E-state index contributed by atoms with van der Waals surface area (Å²) >= 11 is 0. The van der Waals surface area contributed by atoms with Gasteiger partial charge in [-0.15, -0.1) is 0 Å². The zero-order valence-electron chi connectivity index (χ0n) is 15.8. The predicted octanol–water partition coefficient (Wildman–Crippen LogP) is 2.76.